The van der Waals surface area contributed by atoms with Crippen LogP contribution in [0, 0.1) is 0 Å². The van der Waals surface area contributed by atoms with Crippen LogP contribution in [-0.4, -0.2) is 34.6 Å². The van der Waals surface area contributed by atoms with Gasteiger partial charge in [-0.1, -0.05) is 6.07 Å². The molecule has 3 heterocycles. The maximum atomic E-state index is 12.7. The molecule has 112 valence electrons. The lowest BCUT2D eigenvalue weighted by molar-refractivity contribution is -0.136. The smallest absolute Gasteiger partial charge is 0.262 e. The lowest BCUT2D eigenvalue weighted by Crippen LogP contribution is -2.54. The molecular weight excluding hydrogens is 286 g/mol. The molecule has 3 aliphatic heterocycles. The van der Waals surface area contributed by atoms with E-state index in [4.69, 9.17) is 0 Å². The predicted octanol–water partition coefficient (Wildman–Crippen LogP) is -0.309. The number of carbonyl (C=O) groups is 4. The van der Waals surface area contributed by atoms with E-state index in [1.807, 2.05) is 6.07 Å². The molecule has 0 spiro atoms. The largest absolute Gasteiger partial charge is 0.309 e. The normalized spacial score (nSPS) is 23.6. The summed E-state index contributed by atoms with van der Waals surface area (Å²) < 4.78 is 0. The first kappa shape index (κ1) is 13.1. The number of hydrogen-bond donors (Lipinski definition) is 2. The number of carbonyl (C=O) groups excluding carboxylic acids is 4. The molecule has 3 aliphatic rings. The zero-order valence-corrected chi connectivity index (χ0v) is 11.6. The molecule has 0 aliphatic carbocycles. The minimum Gasteiger partial charge on any atom is -0.309 e. The Morgan fingerprint density at radius 3 is 2.64 bits per heavy atom. The summed E-state index contributed by atoms with van der Waals surface area (Å²) in [6, 6.07) is 2.58. The molecule has 1 aromatic carbocycles. The molecule has 0 aromatic heterocycles. The van der Waals surface area contributed by atoms with Crippen molar-refractivity contribution in [1.82, 2.24) is 15.5 Å². The van der Waals surface area contributed by atoms with Gasteiger partial charge < -0.3 is 5.32 Å². The average molecular weight is 299 g/mol. The van der Waals surface area contributed by atoms with E-state index in [1.54, 1.807) is 6.07 Å². The minimum atomic E-state index is -0.907. The Labute approximate surface area is 125 Å². The molecule has 1 saturated heterocycles. The highest BCUT2D eigenvalue weighted by atomic mass is 16.2. The first-order chi connectivity index (χ1) is 10.6. The number of nitrogens with one attached hydrogen (secondary N) is 2. The maximum Gasteiger partial charge on any atom is 0.262 e. The standard InChI is InChI=1S/C15H13N3O4/c19-11-4-3-10(13(20)17-11)18-14(21)8-2-1-7-5-16-6-9(7)12(8)15(18)22/h1-2,10,16H,3-6H2,(H,17,19,20)/t10-/m0/s1. The van der Waals surface area contributed by atoms with Gasteiger partial charge in [0, 0.05) is 19.5 Å². The Bertz CT molecular complexity index is 755. The molecule has 0 unspecified atom stereocenters. The number of amides is 4. The second kappa shape index (κ2) is 4.48. The van der Waals surface area contributed by atoms with Crippen LogP contribution in [0.15, 0.2) is 12.1 Å². The van der Waals surface area contributed by atoms with Gasteiger partial charge in [-0.05, 0) is 23.6 Å². The molecule has 7 nitrogen and oxygen atoms in total. The highest BCUT2D eigenvalue weighted by Crippen LogP contribution is 2.33. The van der Waals surface area contributed by atoms with Gasteiger partial charge in [0.25, 0.3) is 11.8 Å². The Kier molecular flexibility index (Phi) is 2.67. The molecule has 0 bridgehead atoms. The number of hydrogen-bond acceptors (Lipinski definition) is 5. The number of imide groups is 2. The predicted molar refractivity (Wildman–Crippen MR) is 73.7 cm³/mol. The molecule has 22 heavy (non-hydrogen) atoms. The van der Waals surface area contributed by atoms with E-state index < -0.39 is 23.8 Å². The fourth-order valence-corrected chi connectivity index (χ4v) is 3.36. The maximum absolute atomic E-state index is 12.7. The SMILES string of the molecule is O=C1CC[C@H](N2C(=O)c3ccc4c(c3C2=O)CNC4)C(=O)N1. The summed E-state index contributed by atoms with van der Waals surface area (Å²) in [6.07, 6.45) is 0.306. The van der Waals surface area contributed by atoms with Crippen LogP contribution in [-0.2, 0) is 22.7 Å². The summed E-state index contributed by atoms with van der Waals surface area (Å²) in [4.78, 5) is 49.5. The van der Waals surface area contributed by atoms with Crippen molar-refractivity contribution in [3.8, 4) is 0 Å². The number of fused-ring (bicyclic) bond motifs is 3. The third-order valence-electron chi connectivity index (χ3n) is 4.43. The van der Waals surface area contributed by atoms with Gasteiger partial charge in [0.05, 0.1) is 11.1 Å². The molecule has 1 fully saturated rings. The van der Waals surface area contributed by atoms with Gasteiger partial charge in [0.1, 0.15) is 6.04 Å². The summed E-state index contributed by atoms with van der Waals surface area (Å²) >= 11 is 0. The summed E-state index contributed by atoms with van der Waals surface area (Å²) in [5.74, 6) is -1.84. The molecular formula is C15H13N3O4. The second-order valence-electron chi connectivity index (χ2n) is 5.68. The lowest BCUT2D eigenvalue weighted by atomic mass is 9.99. The van der Waals surface area contributed by atoms with E-state index in [-0.39, 0.29) is 18.7 Å². The summed E-state index contributed by atoms with van der Waals surface area (Å²) in [7, 11) is 0. The molecule has 0 saturated carbocycles. The van der Waals surface area contributed by atoms with Crippen LogP contribution in [0.1, 0.15) is 44.7 Å². The monoisotopic (exact) mass is 299 g/mol. The Morgan fingerprint density at radius 2 is 1.86 bits per heavy atom. The molecule has 4 amide bonds. The highest BCUT2D eigenvalue weighted by molar-refractivity contribution is 6.24. The van der Waals surface area contributed by atoms with Crippen LogP contribution < -0.4 is 10.6 Å². The third kappa shape index (κ3) is 1.66. The molecule has 1 aromatic rings. The fraction of sp³-hybridized carbons (Fsp3) is 0.333. The minimum absolute atomic E-state index is 0.128. The van der Waals surface area contributed by atoms with Gasteiger partial charge >= 0.3 is 0 Å². The second-order valence-corrected chi connectivity index (χ2v) is 5.68. The van der Waals surface area contributed by atoms with Crippen LogP contribution in [0.25, 0.3) is 0 Å². The number of rotatable bonds is 1. The van der Waals surface area contributed by atoms with Crippen LogP contribution in [0.3, 0.4) is 0 Å². The van der Waals surface area contributed by atoms with Crippen molar-refractivity contribution in [2.75, 3.05) is 0 Å². The number of piperidine rings is 1. The van der Waals surface area contributed by atoms with Crippen LogP contribution in [0.5, 0.6) is 0 Å². The van der Waals surface area contributed by atoms with Crippen LogP contribution in [0.2, 0.25) is 0 Å². The summed E-state index contributed by atoms with van der Waals surface area (Å²) in [5, 5.41) is 5.35. The Morgan fingerprint density at radius 1 is 1.05 bits per heavy atom. The summed E-state index contributed by atoms with van der Waals surface area (Å²) in [5.41, 5.74) is 2.59. The fourth-order valence-electron chi connectivity index (χ4n) is 3.36. The first-order valence-electron chi connectivity index (χ1n) is 7.15. The van der Waals surface area contributed by atoms with E-state index in [2.05, 4.69) is 10.6 Å². The zero-order chi connectivity index (χ0) is 15.4. The van der Waals surface area contributed by atoms with Crippen molar-refractivity contribution < 1.29 is 19.2 Å². The van der Waals surface area contributed by atoms with Crippen molar-refractivity contribution in [2.24, 2.45) is 0 Å². The van der Waals surface area contributed by atoms with Crippen LogP contribution in [0.4, 0.5) is 0 Å². The quantitative estimate of drug-likeness (QED) is 0.694. The van der Waals surface area contributed by atoms with Gasteiger partial charge in [-0.25, -0.2) is 0 Å². The molecule has 0 radical (unpaired) electrons. The van der Waals surface area contributed by atoms with Crippen molar-refractivity contribution in [1.29, 1.82) is 0 Å². The van der Waals surface area contributed by atoms with E-state index in [0.717, 1.165) is 16.0 Å². The molecule has 7 heteroatoms. The molecule has 1 atom stereocenters. The first-order valence-corrected chi connectivity index (χ1v) is 7.15. The topological polar surface area (TPSA) is 95.6 Å². The van der Waals surface area contributed by atoms with Crippen molar-refractivity contribution >= 4 is 23.6 Å². The van der Waals surface area contributed by atoms with E-state index >= 15 is 0 Å². The Hall–Kier alpha value is -2.54. The molecule has 2 N–H and O–H groups in total. The summed E-state index contributed by atoms with van der Waals surface area (Å²) in [6.45, 7) is 1.21. The van der Waals surface area contributed by atoms with Gasteiger partial charge in [-0.2, -0.15) is 0 Å². The number of nitrogens with zero attached hydrogens (tertiary/aromatic N) is 1. The zero-order valence-electron chi connectivity index (χ0n) is 11.6. The average Bonchev–Trinajstić information content (AvgIpc) is 3.04. The highest BCUT2D eigenvalue weighted by Gasteiger charge is 2.46. The van der Waals surface area contributed by atoms with Crippen molar-refractivity contribution in [2.45, 2.75) is 32.0 Å². The van der Waals surface area contributed by atoms with Crippen molar-refractivity contribution in [3.05, 3.63) is 34.4 Å². The van der Waals surface area contributed by atoms with Gasteiger partial charge in [0.2, 0.25) is 11.8 Å². The van der Waals surface area contributed by atoms with Crippen LogP contribution >= 0.6 is 0 Å². The lowest BCUT2D eigenvalue weighted by Gasteiger charge is -2.27. The van der Waals surface area contributed by atoms with E-state index in [0.29, 0.717) is 24.2 Å². The number of benzene rings is 1. The molecule has 4 rings (SSSR count). The third-order valence-corrected chi connectivity index (χ3v) is 4.43. The van der Waals surface area contributed by atoms with Gasteiger partial charge in [-0.15, -0.1) is 0 Å². The van der Waals surface area contributed by atoms with E-state index in [9.17, 15) is 19.2 Å². The van der Waals surface area contributed by atoms with Gasteiger partial charge in [0.15, 0.2) is 0 Å². The Balaban J connectivity index is 1.76. The van der Waals surface area contributed by atoms with E-state index in [1.165, 1.54) is 0 Å². The van der Waals surface area contributed by atoms with Gasteiger partial charge in [-0.3, -0.25) is 29.4 Å². The van der Waals surface area contributed by atoms with Crippen molar-refractivity contribution in [3.63, 3.8) is 0 Å².